The zero-order valence-corrected chi connectivity index (χ0v) is 17.9. The highest BCUT2D eigenvalue weighted by Gasteiger charge is 2.23. The molecule has 1 amide bonds. The maximum Gasteiger partial charge on any atom is 0.340 e. The van der Waals surface area contributed by atoms with Crippen LogP contribution in [0.1, 0.15) is 57.2 Å². The highest BCUT2D eigenvalue weighted by Crippen LogP contribution is 2.35. The van der Waals surface area contributed by atoms with E-state index in [4.69, 9.17) is 8.83 Å². The van der Waals surface area contributed by atoms with Gasteiger partial charge in [-0.3, -0.25) is 4.79 Å². The number of hydrogen-bond acceptors (Lipinski definition) is 5. The smallest absolute Gasteiger partial charge is 0.340 e. The zero-order chi connectivity index (χ0) is 22.2. The van der Waals surface area contributed by atoms with E-state index in [1.54, 1.807) is 19.3 Å². The largest absolute Gasteiger partial charge is 0.480 e. The highest BCUT2D eigenvalue weighted by atomic mass is 16.4. The van der Waals surface area contributed by atoms with Crippen molar-refractivity contribution in [2.24, 2.45) is 0 Å². The molecule has 2 aromatic heterocycles. The Morgan fingerprint density at radius 2 is 1.87 bits per heavy atom. The Kier molecular flexibility index (Phi) is 5.74. The summed E-state index contributed by atoms with van der Waals surface area (Å²) in [7, 11) is 0. The van der Waals surface area contributed by atoms with Crippen LogP contribution in [0.25, 0.3) is 21.9 Å². The number of nitrogens with one attached hydrogen (secondary N) is 1. The second-order valence-corrected chi connectivity index (χ2v) is 8.66. The Labute approximate surface area is 174 Å². The number of carboxylic acids is 1. The molecule has 2 N–H and O–H groups in total. The Hall–Kier alpha value is -3.09. The molecule has 7 nitrogen and oxygen atoms in total. The summed E-state index contributed by atoms with van der Waals surface area (Å²) in [6.45, 7) is 9.87. The fraction of sp³-hybridized carbons (Fsp3) is 0.435. The summed E-state index contributed by atoms with van der Waals surface area (Å²) in [5.74, 6) is -1.62. The molecule has 0 unspecified atom stereocenters. The van der Waals surface area contributed by atoms with Crippen LogP contribution in [0.4, 0.5) is 0 Å². The van der Waals surface area contributed by atoms with Crippen LogP contribution >= 0.6 is 0 Å². The van der Waals surface area contributed by atoms with Gasteiger partial charge in [0.15, 0.2) is 0 Å². The fourth-order valence-corrected chi connectivity index (χ4v) is 3.65. The lowest BCUT2D eigenvalue weighted by molar-refractivity contribution is -0.141. The molecule has 0 aliphatic heterocycles. The topological polar surface area (TPSA) is 110 Å². The first-order chi connectivity index (χ1) is 14.0. The minimum Gasteiger partial charge on any atom is -0.480 e. The van der Waals surface area contributed by atoms with E-state index in [1.165, 1.54) is 0 Å². The van der Waals surface area contributed by atoms with E-state index >= 15 is 0 Å². The quantitative estimate of drug-likeness (QED) is 0.590. The third-order valence-electron chi connectivity index (χ3n) is 5.34. The number of rotatable bonds is 6. The molecule has 3 rings (SSSR count). The number of carbonyl (C=O) groups is 2. The summed E-state index contributed by atoms with van der Waals surface area (Å²) in [5.41, 5.74) is 2.17. The SMILES string of the molecule is CCC[C@H](NC(=O)Cc1c(C)c2cc3c(C(C)(C)C)coc3cc2oc1=O)C(=O)O. The number of amides is 1. The minimum atomic E-state index is -1.09. The number of benzene rings is 1. The molecule has 0 aliphatic carbocycles. The first-order valence-corrected chi connectivity index (χ1v) is 10.0. The number of carboxylic acid groups (broad SMARTS) is 1. The van der Waals surface area contributed by atoms with Crippen LogP contribution in [0, 0.1) is 6.92 Å². The van der Waals surface area contributed by atoms with Crippen molar-refractivity contribution in [1.82, 2.24) is 5.32 Å². The van der Waals surface area contributed by atoms with Gasteiger partial charge in [-0.1, -0.05) is 34.1 Å². The molecule has 0 bridgehead atoms. The van der Waals surface area contributed by atoms with Crippen molar-refractivity contribution >= 4 is 33.8 Å². The van der Waals surface area contributed by atoms with Crippen LogP contribution in [0.3, 0.4) is 0 Å². The predicted molar refractivity (Wildman–Crippen MR) is 114 cm³/mol. The number of aryl methyl sites for hydroxylation is 1. The molecule has 0 aliphatic rings. The molecule has 0 spiro atoms. The Morgan fingerprint density at radius 3 is 2.47 bits per heavy atom. The second kappa shape index (κ2) is 7.97. The molecule has 7 heteroatoms. The lowest BCUT2D eigenvalue weighted by Gasteiger charge is -2.17. The van der Waals surface area contributed by atoms with Crippen molar-refractivity contribution in [1.29, 1.82) is 0 Å². The van der Waals surface area contributed by atoms with Crippen molar-refractivity contribution in [3.63, 3.8) is 0 Å². The number of aliphatic carboxylic acids is 1. The van der Waals surface area contributed by atoms with Crippen molar-refractivity contribution in [2.75, 3.05) is 0 Å². The van der Waals surface area contributed by atoms with Gasteiger partial charge in [-0.2, -0.15) is 0 Å². The molecule has 160 valence electrons. The normalized spacial score (nSPS) is 13.0. The molecule has 0 radical (unpaired) electrons. The van der Waals surface area contributed by atoms with Gasteiger partial charge in [0.05, 0.1) is 18.2 Å². The zero-order valence-electron chi connectivity index (χ0n) is 17.9. The van der Waals surface area contributed by atoms with Gasteiger partial charge >= 0.3 is 11.6 Å². The third-order valence-corrected chi connectivity index (χ3v) is 5.34. The van der Waals surface area contributed by atoms with Gasteiger partial charge in [0.1, 0.15) is 17.2 Å². The molecule has 0 saturated heterocycles. The Morgan fingerprint density at radius 1 is 1.17 bits per heavy atom. The summed E-state index contributed by atoms with van der Waals surface area (Å²) in [4.78, 5) is 36.3. The molecular weight excluding hydrogens is 386 g/mol. The van der Waals surface area contributed by atoms with Gasteiger partial charge in [-0.15, -0.1) is 0 Å². The van der Waals surface area contributed by atoms with E-state index in [0.29, 0.717) is 29.6 Å². The average molecular weight is 413 g/mol. The van der Waals surface area contributed by atoms with Crippen LogP contribution in [0.5, 0.6) is 0 Å². The van der Waals surface area contributed by atoms with E-state index < -0.39 is 23.5 Å². The van der Waals surface area contributed by atoms with E-state index in [1.807, 2.05) is 13.0 Å². The highest BCUT2D eigenvalue weighted by molar-refractivity contribution is 5.97. The fourth-order valence-electron chi connectivity index (χ4n) is 3.65. The third kappa shape index (κ3) is 4.10. The number of fused-ring (bicyclic) bond motifs is 2. The van der Waals surface area contributed by atoms with Crippen LogP contribution in [0.2, 0.25) is 0 Å². The minimum absolute atomic E-state index is 0.129. The van der Waals surface area contributed by atoms with Gasteiger partial charge in [-0.25, -0.2) is 9.59 Å². The van der Waals surface area contributed by atoms with Crippen molar-refractivity contribution in [2.45, 2.75) is 65.3 Å². The molecule has 0 fully saturated rings. The summed E-state index contributed by atoms with van der Waals surface area (Å²) < 4.78 is 11.1. The lowest BCUT2D eigenvalue weighted by atomic mass is 9.86. The van der Waals surface area contributed by atoms with E-state index in [2.05, 4.69) is 26.1 Å². The maximum atomic E-state index is 12.5. The standard InChI is InChI=1S/C23H27NO6/c1-6-7-17(21(26)27)24-20(25)9-14-12(2)13-8-15-16(23(3,4)5)11-29-18(15)10-19(13)30-22(14)28/h8,10-11,17H,6-7,9H2,1-5H3,(H,24,25)(H,26,27)/t17-/m0/s1. The van der Waals surface area contributed by atoms with Crippen LogP contribution in [0.15, 0.2) is 32.0 Å². The van der Waals surface area contributed by atoms with Crippen molar-refractivity contribution < 1.29 is 23.5 Å². The first-order valence-electron chi connectivity index (χ1n) is 10.0. The number of carbonyl (C=O) groups excluding carboxylic acids is 1. The molecule has 0 saturated carbocycles. The van der Waals surface area contributed by atoms with E-state index in [9.17, 15) is 19.5 Å². The average Bonchev–Trinajstić information content (AvgIpc) is 3.06. The molecule has 1 atom stereocenters. The summed E-state index contributed by atoms with van der Waals surface area (Å²) in [6, 6.07) is 2.64. The van der Waals surface area contributed by atoms with Gasteiger partial charge in [0, 0.05) is 22.4 Å². The lowest BCUT2D eigenvalue weighted by Crippen LogP contribution is -2.41. The Bertz CT molecular complexity index is 1180. The summed E-state index contributed by atoms with van der Waals surface area (Å²) >= 11 is 0. The molecule has 2 heterocycles. The van der Waals surface area contributed by atoms with Crippen molar-refractivity contribution in [3.8, 4) is 0 Å². The van der Waals surface area contributed by atoms with Crippen LogP contribution in [-0.4, -0.2) is 23.0 Å². The predicted octanol–water partition coefficient (Wildman–Crippen LogP) is 4.06. The van der Waals surface area contributed by atoms with Gasteiger partial charge < -0.3 is 19.3 Å². The monoisotopic (exact) mass is 413 g/mol. The summed E-state index contributed by atoms with van der Waals surface area (Å²) in [5, 5.41) is 13.4. The Balaban J connectivity index is 2.03. The first kappa shape index (κ1) is 21.6. The second-order valence-electron chi connectivity index (χ2n) is 8.66. The van der Waals surface area contributed by atoms with Crippen LogP contribution in [-0.2, 0) is 21.4 Å². The molecule has 3 aromatic rings. The molecular formula is C23H27NO6. The van der Waals surface area contributed by atoms with Gasteiger partial charge in [0.2, 0.25) is 5.91 Å². The van der Waals surface area contributed by atoms with Gasteiger partial charge in [-0.05, 0) is 30.4 Å². The molecule has 30 heavy (non-hydrogen) atoms. The van der Waals surface area contributed by atoms with Crippen LogP contribution < -0.4 is 10.9 Å². The number of furan rings is 1. The maximum absolute atomic E-state index is 12.5. The van der Waals surface area contributed by atoms with E-state index in [-0.39, 0.29) is 17.4 Å². The molecule has 1 aromatic carbocycles. The number of hydrogen-bond donors (Lipinski definition) is 2. The summed E-state index contributed by atoms with van der Waals surface area (Å²) in [6.07, 6.45) is 2.41. The van der Waals surface area contributed by atoms with Gasteiger partial charge in [0.25, 0.3) is 0 Å². The van der Waals surface area contributed by atoms with E-state index in [0.717, 1.165) is 16.3 Å². The van der Waals surface area contributed by atoms with Crippen molar-refractivity contribution in [3.05, 3.63) is 45.5 Å².